The van der Waals surface area contributed by atoms with Crippen LogP contribution in [-0.2, 0) is 4.79 Å². The lowest BCUT2D eigenvalue weighted by atomic mass is 9.47. The van der Waals surface area contributed by atoms with Gasteiger partial charge in [0.05, 0.1) is 6.10 Å². The van der Waals surface area contributed by atoms with Gasteiger partial charge in [-0.3, -0.25) is 0 Å². The van der Waals surface area contributed by atoms with E-state index >= 15 is 0 Å². The normalized spacial score (nSPS) is 48.2. The lowest BCUT2D eigenvalue weighted by molar-refractivity contribution is -0.131. The highest BCUT2D eigenvalue weighted by Gasteiger charge is 2.58. The second kappa shape index (κ2) is 6.22. The molecule has 0 aromatic heterocycles. The zero-order valence-corrected chi connectivity index (χ0v) is 16.5. The fraction of sp³-hybridized carbons (Fsp3) is 0.783. The number of hydrogen-bond acceptors (Lipinski definition) is 2. The first-order valence-corrected chi connectivity index (χ1v) is 10.5. The Balaban J connectivity index is 1.63. The molecular weight excluding hydrogens is 324 g/mol. The van der Waals surface area contributed by atoms with Gasteiger partial charge in [-0.15, -0.1) is 0 Å². The lowest BCUT2D eigenvalue weighted by Gasteiger charge is -2.58. The molecule has 0 heterocycles. The first-order chi connectivity index (χ1) is 12.3. The summed E-state index contributed by atoms with van der Waals surface area (Å²) in [5.41, 5.74) is 3.14. The number of aliphatic carboxylic acids is 1. The van der Waals surface area contributed by atoms with E-state index in [4.69, 9.17) is 0 Å². The number of hydrogen-bond donors (Lipinski definition) is 2. The number of carbonyl (C=O) groups is 1. The number of aliphatic hydroxyl groups excluding tert-OH is 1. The first-order valence-electron chi connectivity index (χ1n) is 10.5. The Morgan fingerprint density at radius 3 is 2.65 bits per heavy atom. The van der Waals surface area contributed by atoms with Crippen LogP contribution in [0.3, 0.4) is 0 Å². The van der Waals surface area contributed by atoms with Gasteiger partial charge < -0.3 is 10.2 Å². The van der Waals surface area contributed by atoms with Crippen LogP contribution >= 0.6 is 0 Å². The smallest absolute Gasteiger partial charge is 0.328 e. The van der Waals surface area contributed by atoms with Crippen LogP contribution in [0.25, 0.3) is 0 Å². The standard InChI is InChI=1S/C23H34O3/c1-14(12-21(25)26)18-6-7-19-17-5-4-15-13-16(24)8-10-22(15,2)20(17)9-11-23(18,19)3/h4,12,16-20,24H,5-11,13H2,1-3H3,(H,25,26)/b14-12+/t16?,17-,18+,19-,20-,22-,23+/m0/s1. The average molecular weight is 359 g/mol. The van der Waals surface area contributed by atoms with Crippen molar-refractivity contribution in [1.29, 1.82) is 0 Å². The molecule has 144 valence electrons. The van der Waals surface area contributed by atoms with Crippen LogP contribution in [0.5, 0.6) is 0 Å². The zero-order valence-electron chi connectivity index (χ0n) is 16.5. The van der Waals surface area contributed by atoms with E-state index in [-0.39, 0.29) is 16.9 Å². The Labute approximate surface area is 157 Å². The molecule has 3 fully saturated rings. The predicted octanol–water partition coefficient (Wildman–Crippen LogP) is 4.96. The van der Waals surface area contributed by atoms with Crippen molar-refractivity contribution in [2.75, 3.05) is 0 Å². The third kappa shape index (κ3) is 2.61. The summed E-state index contributed by atoms with van der Waals surface area (Å²) < 4.78 is 0. The van der Waals surface area contributed by atoms with Gasteiger partial charge in [0, 0.05) is 6.08 Å². The Morgan fingerprint density at radius 1 is 1.15 bits per heavy atom. The van der Waals surface area contributed by atoms with Crippen molar-refractivity contribution in [2.45, 2.75) is 78.2 Å². The van der Waals surface area contributed by atoms with E-state index in [9.17, 15) is 15.0 Å². The van der Waals surface area contributed by atoms with Crippen molar-refractivity contribution in [1.82, 2.24) is 0 Å². The van der Waals surface area contributed by atoms with Crippen LogP contribution in [0.15, 0.2) is 23.3 Å². The molecule has 26 heavy (non-hydrogen) atoms. The SMILES string of the molecule is C/C(=C\C(=O)O)[C@H]1CC[C@H]2[C@@H]3CC=C4CC(O)CC[C@]4(C)[C@H]3CC[C@]12C. The van der Waals surface area contributed by atoms with Crippen molar-refractivity contribution >= 4 is 5.97 Å². The molecule has 4 rings (SSSR count). The molecule has 0 radical (unpaired) electrons. The molecule has 1 unspecified atom stereocenters. The van der Waals surface area contributed by atoms with Gasteiger partial charge in [0.25, 0.3) is 0 Å². The number of carboxylic acid groups (broad SMARTS) is 1. The number of rotatable bonds is 2. The fourth-order valence-corrected chi connectivity index (χ4v) is 7.69. The quantitative estimate of drug-likeness (QED) is 0.542. The van der Waals surface area contributed by atoms with Gasteiger partial charge in [-0.1, -0.05) is 31.1 Å². The molecule has 3 saturated carbocycles. The minimum atomic E-state index is -0.804. The van der Waals surface area contributed by atoms with Crippen LogP contribution in [0.4, 0.5) is 0 Å². The van der Waals surface area contributed by atoms with Crippen molar-refractivity contribution in [3.63, 3.8) is 0 Å². The Morgan fingerprint density at radius 2 is 1.92 bits per heavy atom. The molecule has 0 aliphatic heterocycles. The van der Waals surface area contributed by atoms with Crippen LogP contribution in [-0.4, -0.2) is 22.3 Å². The molecule has 4 aliphatic rings. The molecule has 2 N–H and O–H groups in total. The summed E-state index contributed by atoms with van der Waals surface area (Å²) in [6.45, 7) is 6.93. The highest BCUT2D eigenvalue weighted by atomic mass is 16.4. The molecule has 0 aromatic rings. The van der Waals surface area contributed by atoms with E-state index in [1.54, 1.807) is 0 Å². The number of carboxylic acids is 1. The fourth-order valence-electron chi connectivity index (χ4n) is 7.69. The Kier molecular flexibility index (Phi) is 4.38. The summed E-state index contributed by atoms with van der Waals surface area (Å²) in [4.78, 5) is 11.2. The highest BCUT2D eigenvalue weighted by molar-refractivity contribution is 5.80. The highest BCUT2D eigenvalue weighted by Crippen LogP contribution is 2.67. The Hall–Kier alpha value is -1.09. The van der Waals surface area contributed by atoms with E-state index in [1.807, 2.05) is 6.92 Å². The Bertz CT molecular complexity index is 662. The van der Waals surface area contributed by atoms with E-state index in [0.717, 1.165) is 49.5 Å². The maximum Gasteiger partial charge on any atom is 0.328 e. The van der Waals surface area contributed by atoms with Gasteiger partial charge in [-0.2, -0.15) is 0 Å². The largest absolute Gasteiger partial charge is 0.478 e. The molecule has 0 spiro atoms. The van der Waals surface area contributed by atoms with E-state index in [1.165, 1.54) is 30.9 Å². The maximum atomic E-state index is 11.2. The molecular formula is C23H34O3. The number of aliphatic hydroxyl groups is 1. The summed E-state index contributed by atoms with van der Waals surface area (Å²) in [5, 5.41) is 19.3. The molecule has 0 bridgehead atoms. The summed E-state index contributed by atoms with van der Waals surface area (Å²) >= 11 is 0. The van der Waals surface area contributed by atoms with E-state index < -0.39 is 5.97 Å². The van der Waals surface area contributed by atoms with Gasteiger partial charge in [0.1, 0.15) is 0 Å². The third-order valence-electron chi connectivity index (χ3n) is 8.98. The zero-order chi connectivity index (χ0) is 18.7. The maximum absolute atomic E-state index is 11.2. The van der Waals surface area contributed by atoms with Gasteiger partial charge in [0.2, 0.25) is 0 Å². The van der Waals surface area contributed by atoms with Crippen LogP contribution in [0.1, 0.15) is 72.1 Å². The van der Waals surface area contributed by atoms with Crippen LogP contribution in [0, 0.1) is 34.5 Å². The molecule has 7 atom stereocenters. The van der Waals surface area contributed by atoms with Crippen molar-refractivity contribution in [3.05, 3.63) is 23.3 Å². The van der Waals surface area contributed by atoms with Gasteiger partial charge in [0.15, 0.2) is 0 Å². The van der Waals surface area contributed by atoms with Crippen molar-refractivity contribution < 1.29 is 15.0 Å². The second-order valence-electron chi connectivity index (χ2n) is 10.1. The number of allylic oxidation sites excluding steroid dienone is 2. The molecule has 3 nitrogen and oxygen atoms in total. The average Bonchev–Trinajstić information content (AvgIpc) is 2.92. The van der Waals surface area contributed by atoms with Crippen molar-refractivity contribution in [3.8, 4) is 0 Å². The number of fused-ring (bicyclic) bond motifs is 5. The van der Waals surface area contributed by atoms with Crippen LogP contribution < -0.4 is 0 Å². The van der Waals surface area contributed by atoms with E-state index in [2.05, 4.69) is 19.9 Å². The summed E-state index contributed by atoms with van der Waals surface area (Å²) in [6, 6.07) is 0. The van der Waals surface area contributed by atoms with Crippen molar-refractivity contribution in [2.24, 2.45) is 34.5 Å². The lowest BCUT2D eigenvalue weighted by Crippen LogP contribution is -2.50. The monoisotopic (exact) mass is 358 g/mol. The molecule has 4 aliphatic carbocycles. The summed E-state index contributed by atoms with van der Waals surface area (Å²) in [5.74, 6) is 1.82. The van der Waals surface area contributed by atoms with Gasteiger partial charge >= 0.3 is 5.97 Å². The summed E-state index contributed by atoms with van der Waals surface area (Å²) in [7, 11) is 0. The molecule has 3 heteroatoms. The second-order valence-corrected chi connectivity index (χ2v) is 10.1. The third-order valence-corrected chi connectivity index (χ3v) is 8.98. The molecule has 0 saturated heterocycles. The predicted molar refractivity (Wildman–Crippen MR) is 103 cm³/mol. The molecule has 0 aromatic carbocycles. The topological polar surface area (TPSA) is 57.5 Å². The first kappa shape index (κ1) is 18.3. The molecule has 0 amide bonds. The minimum Gasteiger partial charge on any atom is -0.478 e. The van der Waals surface area contributed by atoms with E-state index in [0.29, 0.717) is 11.8 Å². The van der Waals surface area contributed by atoms with Gasteiger partial charge in [-0.05, 0) is 92.8 Å². The van der Waals surface area contributed by atoms with Crippen LogP contribution in [0.2, 0.25) is 0 Å². The summed E-state index contributed by atoms with van der Waals surface area (Å²) in [6.07, 6.45) is 12.8. The minimum absolute atomic E-state index is 0.139. The van der Waals surface area contributed by atoms with Gasteiger partial charge in [-0.25, -0.2) is 4.79 Å².